The van der Waals surface area contributed by atoms with Crippen LogP contribution in [0.15, 0.2) is 47.3 Å². The van der Waals surface area contributed by atoms with Crippen molar-refractivity contribution < 1.29 is 4.79 Å². The smallest absolute Gasteiger partial charge is 0.229 e. The average Bonchev–Trinajstić information content (AvgIpc) is 3.11. The van der Waals surface area contributed by atoms with E-state index in [2.05, 4.69) is 54.0 Å². The van der Waals surface area contributed by atoms with Crippen LogP contribution in [0.1, 0.15) is 20.3 Å². The molecule has 1 saturated heterocycles. The predicted octanol–water partition coefficient (Wildman–Crippen LogP) is 2.63. The molecule has 134 valence electrons. The van der Waals surface area contributed by atoms with Gasteiger partial charge in [0.05, 0.1) is 5.92 Å². The lowest BCUT2D eigenvalue weighted by atomic mass is 9.76. The molecule has 2 heterocycles. The molecule has 0 aromatic carbocycles. The van der Waals surface area contributed by atoms with E-state index in [1.165, 1.54) is 17.0 Å². The summed E-state index contributed by atoms with van der Waals surface area (Å²) >= 11 is 0. The quantitative estimate of drug-likeness (QED) is 0.770. The second-order valence-electron chi connectivity index (χ2n) is 7.54. The lowest BCUT2D eigenvalue weighted by Crippen LogP contribution is -2.33. The molecule has 0 saturated carbocycles. The topological polar surface area (TPSA) is 26.8 Å². The zero-order chi connectivity index (χ0) is 17.6. The van der Waals surface area contributed by atoms with Gasteiger partial charge in [0.25, 0.3) is 0 Å². The highest BCUT2D eigenvalue weighted by Crippen LogP contribution is 2.50. The number of likely N-dealkylation sites (N-methyl/N-ethyl adjacent to an activating group) is 1. The summed E-state index contributed by atoms with van der Waals surface area (Å²) in [7, 11) is 1.94. The van der Waals surface area contributed by atoms with Crippen LogP contribution in [0.25, 0.3) is 0 Å². The number of allylic oxidation sites excluding steroid dienone is 5. The third-order valence-corrected chi connectivity index (χ3v) is 6.37. The Balaban J connectivity index is 1.65. The highest BCUT2D eigenvalue weighted by atomic mass is 16.2. The van der Waals surface area contributed by atoms with E-state index in [1.54, 1.807) is 0 Å². The SMILES string of the molecule is CCN(CC)CCN1C2=CC=CCC2C2=C1C=CC1C(=O)N(C)CC21. The lowest BCUT2D eigenvalue weighted by Gasteiger charge is -2.29. The Hall–Kier alpha value is -1.81. The number of carbonyl (C=O) groups is 1. The van der Waals surface area contributed by atoms with Crippen LogP contribution in [-0.2, 0) is 4.79 Å². The van der Waals surface area contributed by atoms with E-state index in [4.69, 9.17) is 0 Å². The molecule has 4 nitrogen and oxygen atoms in total. The molecule has 0 aromatic rings. The van der Waals surface area contributed by atoms with Crippen molar-refractivity contribution in [2.45, 2.75) is 20.3 Å². The van der Waals surface area contributed by atoms with Crippen molar-refractivity contribution in [1.29, 1.82) is 0 Å². The van der Waals surface area contributed by atoms with Crippen LogP contribution in [0.3, 0.4) is 0 Å². The molecule has 0 bridgehead atoms. The first-order valence-electron chi connectivity index (χ1n) is 9.69. The largest absolute Gasteiger partial charge is 0.345 e. The van der Waals surface area contributed by atoms with Crippen molar-refractivity contribution in [2.75, 3.05) is 39.8 Å². The Labute approximate surface area is 151 Å². The summed E-state index contributed by atoms with van der Waals surface area (Å²) < 4.78 is 0. The Morgan fingerprint density at radius 2 is 2.08 bits per heavy atom. The second kappa shape index (κ2) is 6.49. The molecule has 2 aliphatic heterocycles. The highest BCUT2D eigenvalue weighted by Gasteiger charge is 2.48. The normalized spacial score (nSPS) is 30.2. The van der Waals surface area contributed by atoms with E-state index in [0.29, 0.717) is 11.8 Å². The first-order valence-corrected chi connectivity index (χ1v) is 9.69. The molecule has 0 N–H and O–H groups in total. The number of nitrogens with zero attached hydrogens (tertiary/aromatic N) is 3. The first-order chi connectivity index (χ1) is 12.2. The van der Waals surface area contributed by atoms with Gasteiger partial charge < -0.3 is 14.7 Å². The van der Waals surface area contributed by atoms with Crippen molar-refractivity contribution in [2.24, 2.45) is 17.8 Å². The van der Waals surface area contributed by atoms with Gasteiger partial charge in [0.1, 0.15) is 0 Å². The zero-order valence-electron chi connectivity index (χ0n) is 15.6. The highest BCUT2D eigenvalue weighted by molar-refractivity contribution is 5.84. The van der Waals surface area contributed by atoms with Gasteiger partial charge in [-0.3, -0.25) is 4.79 Å². The number of fused-ring (bicyclic) bond motifs is 4. The lowest BCUT2D eigenvalue weighted by molar-refractivity contribution is -0.128. The second-order valence-corrected chi connectivity index (χ2v) is 7.54. The predicted molar refractivity (Wildman–Crippen MR) is 101 cm³/mol. The van der Waals surface area contributed by atoms with Gasteiger partial charge in [-0.1, -0.05) is 32.1 Å². The zero-order valence-corrected chi connectivity index (χ0v) is 15.6. The van der Waals surface area contributed by atoms with E-state index in [1.807, 2.05) is 11.9 Å². The van der Waals surface area contributed by atoms with Crippen LogP contribution in [0.2, 0.25) is 0 Å². The third kappa shape index (κ3) is 2.58. The van der Waals surface area contributed by atoms with Crippen molar-refractivity contribution in [3.63, 3.8) is 0 Å². The molecule has 25 heavy (non-hydrogen) atoms. The van der Waals surface area contributed by atoms with E-state index in [-0.39, 0.29) is 11.8 Å². The van der Waals surface area contributed by atoms with Gasteiger partial charge in [-0.2, -0.15) is 0 Å². The number of carbonyl (C=O) groups excluding carboxylic acids is 1. The maximum atomic E-state index is 12.5. The molecule has 0 radical (unpaired) electrons. The van der Waals surface area contributed by atoms with Gasteiger partial charge in [-0.25, -0.2) is 0 Å². The summed E-state index contributed by atoms with van der Waals surface area (Å²) in [5, 5.41) is 0. The molecule has 4 aliphatic rings. The molecule has 1 fully saturated rings. The summed E-state index contributed by atoms with van der Waals surface area (Å²) in [6.45, 7) is 9.63. The third-order valence-electron chi connectivity index (χ3n) is 6.37. The van der Waals surface area contributed by atoms with Crippen molar-refractivity contribution in [3.8, 4) is 0 Å². The molecule has 4 heteroatoms. The van der Waals surface area contributed by atoms with Gasteiger partial charge in [-0.05, 0) is 37.2 Å². The summed E-state index contributed by atoms with van der Waals surface area (Å²) in [6.07, 6.45) is 12.2. The average molecular weight is 339 g/mol. The van der Waals surface area contributed by atoms with Gasteiger partial charge in [0, 0.05) is 49.9 Å². The van der Waals surface area contributed by atoms with Crippen LogP contribution in [0, 0.1) is 17.8 Å². The van der Waals surface area contributed by atoms with E-state index in [0.717, 1.165) is 39.1 Å². The molecule has 4 rings (SSSR count). The number of hydrogen-bond acceptors (Lipinski definition) is 3. The number of hydrogen-bond donors (Lipinski definition) is 0. The maximum Gasteiger partial charge on any atom is 0.229 e. The van der Waals surface area contributed by atoms with Crippen LogP contribution in [-0.4, -0.2) is 60.4 Å². The molecule has 1 amide bonds. The molecule has 0 aromatic heterocycles. The van der Waals surface area contributed by atoms with Gasteiger partial charge in [-0.15, -0.1) is 0 Å². The minimum atomic E-state index is 0.0543. The van der Waals surface area contributed by atoms with Crippen molar-refractivity contribution in [1.82, 2.24) is 14.7 Å². The van der Waals surface area contributed by atoms with E-state index < -0.39 is 0 Å². The van der Waals surface area contributed by atoms with Crippen LogP contribution in [0.5, 0.6) is 0 Å². The monoisotopic (exact) mass is 339 g/mol. The summed E-state index contributed by atoms with van der Waals surface area (Å²) in [4.78, 5) is 19.4. The molecule has 3 atom stereocenters. The fourth-order valence-electron chi connectivity index (χ4n) is 4.95. The Kier molecular flexibility index (Phi) is 4.32. The first kappa shape index (κ1) is 16.6. The number of amides is 1. The minimum absolute atomic E-state index is 0.0543. The minimum Gasteiger partial charge on any atom is -0.345 e. The Morgan fingerprint density at radius 3 is 2.84 bits per heavy atom. The fraction of sp³-hybridized carbons (Fsp3) is 0.571. The van der Waals surface area contributed by atoms with Gasteiger partial charge in [0.2, 0.25) is 5.91 Å². The van der Waals surface area contributed by atoms with Crippen LogP contribution >= 0.6 is 0 Å². The fourth-order valence-corrected chi connectivity index (χ4v) is 4.95. The van der Waals surface area contributed by atoms with Crippen LogP contribution in [0.4, 0.5) is 0 Å². The summed E-state index contributed by atoms with van der Waals surface area (Å²) in [5.74, 6) is 1.16. The standard InChI is InChI=1S/C21H29N3O/c1-4-23(5-2)12-13-24-18-9-7-6-8-16(18)20-17-14-22(3)21(25)15(17)10-11-19(20)24/h6-7,9-11,15-17H,4-5,8,12-14H2,1-3H3. The Bertz CT molecular complexity index is 683. The molecule has 3 unspecified atom stereocenters. The number of likely N-dealkylation sites (tertiary alicyclic amines) is 1. The molecule has 2 aliphatic carbocycles. The van der Waals surface area contributed by atoms with Crippen molar-refractivity contribution >= 4 is 5.91 Å². The Morgan fingerprint density at radius 1 is 1.28 bits per heavy atom. The van der Waals surface area contributed by atoms with E-state index in [9.17, 15) is 4.79 Å². The summed E-state index contributed by atoms with van der Waals surface area (Å²) in [6, 6.07) is 0. The van der Waals surface area contributed by atoms with Crippen molar-refractivity contribution in [3.05, 3.63) is 47.3 Å². The van der Waals surface area contributed by atoms with Crippen LogP contribution < -0.4 is 0 Å². The molecular formula is C21H29N3O. The number of rotatable bonds is 5. The van der Waals surface area contributed by atoms with Gasteiger partial charge >= 0.3 is 0 Å². The summed E-state index contributed by atoms with van der Waals surface area (Å²) in [5.41, 5.74) is 4.32. The molecular weight excluding hydrogens is 310 g/mol. The van der Waals surface area contributed by atoms with E-state index >= 15 is 0 Å². The molecule has 0 spiro atoms. The van der Waals surface area contributed by atoms with Gasteiger partial charge in [0.15, 0.2) is 0 Å². The maximum absolute atomic E-state index is 12.5.